The van der Waals surface area contributed by atoms with Crippen LogP contribution < -0.4 is 0 Å². The van der Waals surface area contributed by atoms with Crippen molar-refractivity contribution in [2.45, 2.75) is 20.8 Å². The Bertz CT molecular complexity index is 265. The molecule has 0 fully saturated rings. The van der Waals surface area contributed by atoms with E-state index in [1.807, 2.05) is 25.7 Å². The Labute approximate surface area is 97.7 Å². The quantitative estimate of drug-likeness (QED) is 0.681. The first kappa shape index (κ1) is 14.4. The highest BCUT2D eigenvalue weighted by Gasteiger charge is 2.15. The minimum atomic E-state index is -0.0724. The molecule has 0 aliphatic heterocycles. The first-order valence-electron chi connectivity index (χ1n) is 5.44. The third kappa shape index (κ3) is 6.02. The van der Waals surface area contributed by atoms with E-state index in [2.05, 4.69) is 18.2 Å². The molecule has 0 bridgehead atoms. The predicted molar refractivity (Wildman–Crippen MR) is 60.8 cm³/mol. The van der Waals surface area contributed by atoms with Gasteiger partial charge in [0.15, 0.2) is 0 Å². The lowest BCUT2D eigenvalue weighted by Gasteiger charge is -2.25. The van der Waals surface area contributed by atoms with Crippen LogP contribution in [0.5, 0.6) is 0 Å². The number of nitriles is 3. The van der Waals surface area contributed by atoms with Gasteiger partial charge in [0.2, 0.25) is 0 Å². The van der Waals surface area contributed by atoms with Gasteiger partial charge in [-0.15, -0.1) is 0 Å². The van der Waals surface area contributed by atoms with Crippen molar-refractivity contribution in [1.82, 2.24) is 4.90 Å². The van der Waals surface area contributed by atoms with Gasteiger partial charge in [-0.3, -0.25) is 4.90 Å². The van der Waals surface area contributed by atoms with E-state index >= 15 is 0 Å². The monoisotopic (exact) mass is 218 g/mol. The topological polar surface area (TPSA) is 74.6 Å². The second kappa shape index (κ2) is 7.69. The van der Waals surface area contributed by atoms with Gasteiger partial charge in [0.05, 0.1) is 36.0 Å². The highest BCUT2D eigenvalue weighted by atomic mass is 15.1. The second-order valence-corrected chi connectivity index (χ2v) is 4.31. The first-order chi connectivity index (χ1) is 7.53. The Kier molecular flexibility index (Phi) is 6.93. The van der Waals surface area contributed by atoms with Gasteiger partial charge in [0.25, 0.3) is 0 Å². The van der Waals surface area contributed by atoms with Crippen molar-refractivity contribution < 1.29 is 0 Å². The van der Waals surface area contributed by atoms with E-state index < -0.39 is 0 Å². The minimum absolute atomic E-state index is 0.0724. The summed E-state index contributed by atoms with van der Waals surface area (Å²) < 4.78 is 0. The molecule has 0 aliphatic rings. The molecule has 0 spiro atoms. The van der Waals surface area contributed by atoms with Gasteiger partial charge in [-0.25, -0.2) is 0 Å². The van der Waals surface area contributed by atoms with E-state index in [1.165, 1.54) is 0 Å². The van der Waals surface area contributed by atoms with Crippen LogP contribution in [0.25, 0.3) is 0 Å². The predicted octanol–water partition coefficient (Wildman–Crippen LogP) is 1.77. The molecule has 86 valence electrons. The Morgan fingerprint density at radius 1 is 0.750 bits per heavy atom. The molecular formula is C12H18N4. The molecule has 3 unspecified atom stereocenters. The Morgan fingerprint density at radius 3 is 1.19 bits per heavy atom. The van der Waals surface area contributed by atoms with Crippen LogP contribution in [-0.2, 0) is 0 Å². The Hall–Kier alpha value is -1.57. The molecule has 0 rings (SSSR count). The lowest BCUT2D eigenvalue weighted by atomic mass is 10.1. The van der Waals surface area contributed by atoms with Gasteiger partial charge in [-0.2, -0.15) is 15.8 Å². The highest BCUT2D eigenvalue weighted by molar-refractivity contribution is 4.88. The van der Waals surface area contributed by atoms with Crippen LogP contribution in [0.2, 0.25) is 0 Å². The zero-order valence-corrected chi connectivity index (χ0v) is 10.1. The standard InChI is InChI=1S/C12H18N4/c1-10(4-13)7-16(8-11(2)5-14)9-12(3)6-15/h10-12H,7-9H2,1-3H3. The molecule has 0 heterocycles. The van der Waals surface area contributed by atoms with Crippen LogP contribution in [0, 0.1) is 51.7 Å². The van der Waals surface area contributed by atoms with Crippen LogP contribution in [-0.4, -0.2) is 24.5 Å². The lowest BCUT2D eigenvalue weighted by Crippen LogP contribution is -2.35. The average Bonchev–Trinajstić information content (AvgIpc) is 2.28. The summed E-state index contributed by atoms with van der Waals surface area (Å²) in [5.41, 5.74) is 0. The molecule has 0 saturated heterocycles. The van der Waals surface area contributed by atoms with Crippen LogP contribution in [0.3, 0.4) is 0 Å². The Morgan fingerprint density at radius 2 is 1.00 bits per heavy atom. The number of nitrogens with zero attached hydrogens (tertiary/aromatic N) is 4. The third-order valence-corrected chi connectivity index (χ3v) is 2.26. The summed E-state index contributed by atoms with van der Waals surface area (Å²) in [7, 11) is 0. The van der Waals surface area contributed by atoms with E-state index in [-0.39, 0.29) is 17.8 Å². The largest absolute Gasteiger partial charge is 0.299 e. The van der Waals surface area contributed by atoms with Crippen molar-refractivity contribution in [3.63, 3.8) is 0 Å². The summed E-state index contributed by atoms with van der Waals surface area (Å²) in [6, 6.07) is 6.51. The maximum absolute atomic E-state index is 8.76. The molecule has 0 aliphatic carbocycles. The van der Waals surface area contributed by atoms with E-state index in [0.29, 0.717) is 19.6 Å². The summed E-state index contributed by atoms with van der Waals surface area (Å²) in [6.07, 6.45) is 0. The van der Waals surface area contributed by atoms with Crippen molar-refractivity contribution in [1.29, 1.82) is 15.8 Å². The zero-order chi connectivity index (χ0) is 12.6. The molecule has 0 saturated carbocycles. The molecule has 3 atom stereocenters. The number of hydrogen-bond donors (Lipinski definition) is 0. The lowest BCUT2D eigenvalue weighted by molar-refractivity contribution is 0.224. The van der Waals surface area contributed by atoms with Gasteiger partial charge < -0.3 is 0 Å². The van der Waals surface area contributed by atoms with E-state index in [1.54, 1.807) is 0 Å². The molecule has 16 heavy (non-hydrogen) atoms. The summed E-state index contributed by atoms with van der Waals surface area (Å²) in [5, 5.41) is 26.3. The van der Waals surface area contributed by atoms with Crippen molar-refractivity contribution in [3.05, 3.63) is 0 Å². The molecule has 0 N–H and O–H groups in total. The molecule has 0 radical (unpaired) electrons. The smallest absolute Gasteiger partial charge is 0.0666 e. The molecule has 4 nitrogen and oxygen atoms in total. The fourth-order valence-corrected chi connectivity index (χ4v) is 1.51. The maximum atomic E-state index is 8.76. The SMILES string of the molecule is CC(C#N)CN(CC(C)C#N)CC(C)C#N. The van der Waals surface area contributed by atoms with E-state index in [4.69, 9.17) is 15.8 Å². The summed E-state index contributed by atoms with van der Waals surface area (Å²) in [4.78, 5) is 2.02. The third-order valence-electron chi connectivity index (χ3n) is 2.26. The molecule has 0 aromatic carbocycles. The molecule has 0 aromatic heterocycles. The zero-order valence-electron chi connectivity index (χ0n) is 10.1. The fourth-order valence-electron chi connectivity index (χ4n) is 1.51. The van der Waals surface area contributed by atoms with E-state index in [9.17, 15) is 0 Å². The summed E-state index contributed by atoms with van der Waals surface area (Å²) in [5.74, 6) is -0.217. The van der Waals surface area contributed by atoms with Crippen LogP contribution in [0.4, 0.5) is 0 Å². The Balaban J connectivity index is 4.35. The van der Waals surface area contributed by atoms with Crippen molar-refractivity contribution >= 4 is 0 Å². The second-order valence-electron chi connectivity index (χ2n) is 4.31. The maximum Gasteiger partial charge on any atom is 0.0666 e. The molecular weight excluding hydrogens is 200 g/mol. The van der Waals surface area contributed by atoms with Crippen LogP contribution in [0.1, 0.15) is 20.8 Å². The van der Waals surface area contributed by atoms with Gasteiger partial charge in [0, 0.05) is 19.6 Å². The summed E-state index contributed by atoms with van der Waals surface area (Å²) >= 11 is 0. The van der Waals surface area contributed by atoms with Gasteiger partial charge in [-0.1, -0.05) is 0 Å². The number of hydrogen-bond acceptors (Lipinski definition) is 4. The average molecular weight is 218 g/mol. The highest BCUT2D eigenvalue weighted by Crippen LogP contribution is 2.07. The van der Waals surface area contributed by atoms with E-state index in [0.717, 1.165) is 0 Å². The molecule has 4 heteroatoms. The minimum Gasteiger partial charge on any atom is -0.299 e. The fraction of sp³-hybridized carbons (Fsp3) is 0.750. The van der Waals surface area contributed by atoms with Crippen LogP contribution in [0.15, 0.2) is 0 Å². The first-order valence-corrected chi connectivity index (χ1v) is 5.44. The van der Waals surface area contributed by atoms with Crippen molar-refractivity contribution in [2.24, 2.45) is 17.8 Å². The van der Waals surface area contributed by atoms with Gasteiger partial charge >= 0.3 is 0 Å². The molecule has 0 amide bonds. The van der Waals surface area contributed by atoms with Crippen molar-refractivity contribution in [2.75, 3.05) is 19.6 Å². The normalized spacial score (nSPS) is 15.6. The number of rotatable bonds is 6. The van der Waals surface area contributed by atoms with Gasteiger partial charge in [-0.05, 0) is 20.8 Å². The summed E-state index contributed by atoms with van der Waals surface area (Å²) in [6.45, 7) is 7.40. The van der Waals surface area contributed by atoms with Gasteiger partial charge in [0.1, 0.15) is 0 Å². The molecule has 0 aromatic rings. The van der Waals surface area contributed by atoms with Crippen LogP contribution >= 0.6 is 0 Å². The van der Waals surface area contributed by atoms with Crippen molar-refractivity contribution in [3.8, 4) is 18.2 Å².